The molecule has 0 bridgehead atoms. The normalized spacial score (nSPS) is 18.3. The number of ketones is 1. The van der Waals surface area contributed by atoms with E-state index in [9.17, 15) is 4.79 Å². The average Bonchev–Trinajstić information content (AvgIpc) is 2.28. The molecule has 0 saturated carbocycles. The third-order valence-corrected chi connectivity index (χ3v) is 2.93. The lowest BCUT2D eigenvalue weighted by molar-refractivity contribution is 0.103. The first-order valence-electron chi connectivity index (χ1n) is 5.25. The van der Waals surface area contributed by atoms with Crippen molar-refractivity contribution in [3.05, 3.63) is 58.7 Å². The Bertz CT molecular complexity index is 503. The van der Waals surface area contributed by atoms with Gasteiger partial charge in [-0.25, -0.2) is 0 Å². The van der Waals surface area contributed by atoms with Crippen molar-refractivity contribution in [3.8, 4) is 0 Å². The number of benzene rings is 1. The number of carbonyl (C=O) groups excluding carboxylic acids is 1. The fourth-order valence-electron chi connectivity index (χ4n) is 1.70. The van der Waals surface area contributed by atoms with E-state index in [0.29, 0.717) is 16.2 Å². The van der Waals surface area contributed by atoms with E-state index in [1.165, 1.54) is 0 Å². The van der Waals surface area contributed by atoms with Crippen LogP contribution in [0.15, 0.2) is 53.1 Å². The highest BCUT2D eigenvalue weighted by molar-refractivity contribution is 6.33. The summed E-state index contributed by atoms with van der Waals surface area (Å²) in [5.41, 5.74) is 11.6. The van der Waals surface area contributed by atoms with E-state index < -0.39 is 5.66 Å². The molecule has 88 valence electrons. The first-order valence-corrected chi connectivity index (χ1v) is 5.63. The van der Waals surface area contributed by atoms with E-state index in [-0.39, 0.29) is 12.2 Å². The molecule has 1 aliphatic rings. The minimum Gasteiger partial charge on any atom is -0.310 e. The average molecular weight is 249 g/mol. The van der Waals surface area contributed by atoms with Crippen LogP contribution in [0.3, 0.4) is 0 Å². The maximum atomic E-state index is 12.1. The Morgan fingerprint density at radius 2 is 1.88 bits per heavy atom. The first-order chi connectivity index (χ1) is 7.99. The fraction of sp³-hybridized carbons (Fsp3) is 0.154. The van der Waals surface area contributed by atoms with Crippen molar-refractivity contribution in [3.63, 3.8) is 0 Å². The third-order valence-electron chi connectivity index (χ3n) is 2.59. The molecule has 4 heteroatoms. The van der Waals surface area contributed by atoms with E-state index in [1.807, 2.05) is 18.2 Å². The van der Waals surface area contributed by atoms with Gasteiger partial charge in [0.1, 0.15) is 0 Å². The van der Waals surface area contributed by atoms with E-state index in [2.05, 4.69) is 0 Å². The number of allylic oxidation sites excluding steroid dienone is 2. The van der Waals surface area contributed by atoms with Crippen LogP contribution in [0.5, 0.6) is 0 Å². The van der Waals surface area contributed by atoms with Gasteiger partial charge in [-0.3, -0.25) is 4.79 Å². The zero-order chi connectivity index (χ0) is 12.5. The van der Waals surface area contributed by atoms with Gasteiger partial charge in [0, 0.05) is 22.6 Å². The van der Waals surface area contributed by atoms with Crippen molar-refractivity contribution in [2.75, 3.05) is 0 Å². The number of hydrogen-bond acceptors (Lipinski definition) is 3. The first kappa shape index (κ1) is 12.0. The molecule has 0 saturated heterocycles. The Kier molecular flexibility index (Phi) is 3.15. The molecule has 0 aromatic heterocycles. The minimum absolute atomic E-state index is 0.109. The summed E-state index contributed by atoms with van der Waals surface area (Å²) in [4.78, 5) is 12.1. The highest BCUT2D eigenvalue weighted by atomic mass is 35.5. The zero-order valence-electron chi connectivity index (χ0n) is 9.19. The molecule has 0 fully saturated rings. The van der Waals surface area contributed by atoms with Crippen LogP contribution in [0.25, 0.3) is 0 Å². The van der Waals surface area contributed by atoms with E-state index in [4.69, 9.17) is 23.1 Å². The second-order valence-corrected chi connectivity index (χ2v) is 4.59. The largest absolute Gasteiger partial charge is 0.310 e. The van der Waals surface area contributed by atoms with Gasteiger partial charge in [0.05, 0.1) is 5.66 Å². The van der Waals surface area contributed by atoms with Crippen molar-refractivity contribution >= 4 is 17.4 Å². The van der Waals surface area contributed by atoms with Crippen LogP contribution in [0, 0.1) is 0 Å². The Morgan fingerprint density at radius 3 is 2.47 bits per heavy atom. The smallest absolute Gasteiger partial charge is 0.194 e. The topological polar surface area (TPSA) is 69.1 Å². The monoisotopic (exact) mass is 248 g/mol. The predicted octanol–water partition coefficient (Wildman–Crippen LogP) is 1.94. The quantitative estimate of drug-likeness (QED) is 0.621. The number of nitrogens with two attached hydrogens (primary N) is 2. The van der Waals surface area contributed by atoms with Crippen LogP contribution in [-0.4, -0.2) is 11.4 Å². The molecule has 1 aliphatic carbocycles. The lowest BCUT2D eigenvalue weighted by atomic mass is 9.93. The third kappa shape index (κ3) is 2.64. The molecule has 0 amide bonds. The van der Waals surface area contributed by atoms with Crippen LogP contribution in [-0.2, 0) is 0 Å². The molecule has 4 N–H and O–H groups in total. The van der Waals surface area contributed by atoms with Gasteiger partial charge < -0.3 is 11.5 Å². The van der Waals surface area contributed by atoms with Crippen molar-refractivity contribution in [2.45, 2.75) is 12.1 Å². The molecule has 0 unspecified atom stereocenters. The highest BCUT2D eigenvalue weighted by Crippen LogP contribution is 2.27. The van der Waals surface area contributed by atoms with Gasteiger partial charge in [-0.1, -0.05) is 48.0 Å². The highest BCUT2D eigenvalue weighted by Gasteiger charge is 2.25. The summed E-state index contributed by atoms with van der Waals surface area (Å²) in [6.07, 6.45) is 3.48. The molecule has 17 heavy (non-hydrogen) atoms. The van der Waals surface area contributed by atoms with Gasteiger partial charge in [0.25, 0.3) is 0 Å². The molecule has 3 nitrogen and oxygen atoms in total. The molecule has 0 spiro atoms. The lowest BCUT2D eigenvalue weighted by Crippen LogP contribution is -2.48. The number of halogens is 1. The minimum atomic E-state index is -0.961. The predicted molar refractivity (Wildman–Crippen MR) is 68.5 cm³/mol. The van der Waals surface area contributed by atoms with E-state index in [0.717, 1.165) is 0 Å². The van der Waals surface area contributed by atoms with Gasteiger partial charge in [0.15, 0.2) is 5.78 Å². The Hall–Kier alpha value is -1.42. The molecule has 2 rings (SSSR count). The molecular weight excluding hydrogens is 236 g/mol. The molecule has 1 aromatic carbocycles. The Morgan fingerprint density at radius 1 is 1.24 bits per heavy atom. The standard InChI is InChI=1S/C13H13ClN2O/c14-11-8-13(15,16)7-6-10(11)12(17)9-4-2-1-3-5-9/h1-7H,8,15-16H2. The summed E-state index contributed by atoms with van der Waals surface area (Å²) in [6, 6.07) is 8.98. The maximum absolute atomic E-state index is 12.1. The summed E-state index contributed by atoms with van der Waals surface area (Å²) < 4.78 is 0. The Balaban J connectivity index is 2.31. The molecule has 0 radical (unpaired) electrons. The number of Topliss-reactive ketones (excluding diaryl/α,β-unsaturated/α-hetero) is 1. The SMILES string of the molecule is NC1(N)C=CC(C(=O)c2ccccc2)=C(Cl)C1. The van der Waals surface area contributed by atoms with E-state index in [1.54, 1.807) is 24.3 Å². The zero-order valence-corrected chi connectivity index (χ0v) is 9.95. The number of hydrogen-bond donors (Lipinski definition) is 2. The summed E-state index contributed by atoms with van der Waals surface area (Å²) >= 11 is 6.06. The van der Waals surface area contributed by atoms with Crippen LogP contribution in [0.2, 0.25) is 0 Å². The summed E-state index contributed by atoms with van der Waals surface area (Å²) in [5.74, 6) is -0.109. The molecular formula is C13H13ClN2O. The second-order valence-electron chi connectivity index (χ2n) is 4.14. The Labute approximate surface area is 105 Å². The van der Waals surface area contributed by atoms with Crippen molar-refractivity contribution in [1.29, 1.82) is 0 Å². The van der Waals surface area contributed by atoms with E-state index >= 15 is 0 Å². The molecule has 1 aromatic rings. The second kappa shape index (κ2) is 4.45. The van der Waals surface area contributed by atoms with Gasteiger partial charge in [-0.05, 0) is 6.08 Å². The van der Waals surface area contributed by atoms with Crippen LogP contribution in [0.1, 0.15) is 16.8 Å². The van der Waals surface area contributed by atoms with Crippen molar-refractivity contribution in [2.24, 2.45) is 11.5 Å². The fourth-order valence-corrected chi connectivity index (χ4v) is 2.08. The molecule has 0 heterocycles. The summed E-state index contributed by atoms with van der Waals surface area (Å²) in [7, 11) is 0. The molecule has 0 aliphatic heterocycles. The van der Waals surface area contributed by atoms with Gasteiger partial charge in [-0.2, -0.15) is 0 Å². The molecule has 0 atom stereocenters. The summed E-state index contributed by atoms with van der Waals surface area (Å²) in [6.45, 7) is 0. The van der Waals surface area contributed by atoms with Crippen LogP contribution < -0.4 is 11.5 Å². The van der Waals surface area contributed by atoms with Gasteiger partial charge in [-0.15, -0.1) is 0 Å². The van der Waals surface area contributed by atoms with Crippen molar-refractivity contribution < 1.29 is 4.79 Å². The van der Waals surface area contributed by atoms with Gasteiger partial charge in [0.2, 0.25) is 0 Å². The number of carbonyl (C=O) groups is 1. The summed E-state index contributed by atoms with van der Waals surface area (Å²) in [5, 5.41) is 0.409. The number of rotatable bonds is 2. The lowest BCUT2D eigenvalue weighted by Gasteiger charge is -2.24. The van der Waals surface area contributed by atoms with Crippen LogP contribution >= 0.6 is 11.6 Å². The van der Waals surface area contributed by atoms with Crippen LogP contribution in [0.4, 0.5) is 0 Å². The van der Waals surface area contributed by atoms with Gasteiger partial charge >= 0.3 is 0 Å². The van der Waals surface area contributed by atoms with Crippen molar-refractivity contribution in [1.82, 2.24) is 0 Å². The maximum Gasteiger partial charge on any atom is 0.194 e.